The van der Waals surface area contributed by atoms with E-state index < -0.39 is 0 Å². The molecule has 0 aromatic rings. The third-order valence-corrected chi connectivity index (χ3v) is 8.34. The number of hydrogen-bond acceptors (Lipinski definition) is 1. The molecule has 0 aromatic heterocycles. The maximum atomic E-state index is 2.84. The lowest BCUT2D eigenvalue weighted by molar-refractivity contribution is 0.254. The summed E-state index contributed by atoms with van der Waals surface area (Å²) >= 11 is 0. The Morgan fingerprint density at radius 3 is 0.838 bits per heavy atom. The maximum absolute atomic E-state index is 2.84. The van der Waals surface area contributed by atoms with Crippen LogP contribution in [0, 0.1) is 11.8 Å². The van der Waals surface area contributed by atoms with E-state index >= 15 is 0 Å². The molecule has 0 N–H and O–H groups in total. The van der Waals surface area contributed by atoms with Crippen LogP contribution in [-0.2, 0) is 0 Å². The van der Waals surface area contributed by atoms with Gasteiger partial charge in [-0.15, -0.1) is 0 Å². The fraction of sp³-hybridized carbons (Fsp3) is 1.00. The molecule has 0 aliphatic carbocycles. The van der Waals surface area contributed by atoms with E-state index in [1.807, 2.05) is 0 Å². The van der Waals surface area contributed by atoms with Crippen molar-refractivity contribution in [2.75, 3.05) is 19.6 Å². The molecule has 37 heavy (non-hydrogen) atoms. The zero-order valence-electron chi connectivity index (χ0n) is 27.1. The van der Waals surface area contributed by atoms with Crippen LogP contribution in [0.5, 0.6) is 0 Å². The van der Waals surface area contributed by atoms with Gasteiger partial charge in [0, 0.05) is 0 Å². The highest BCUT2D eigenvalue weighted by molar-refractivity contribution is 4.61. The Labute approximate surface area is 237 Å². The summed E-state index contributed by atoms with van der Waals surface area (Å²) in [4.78, 5) is 2.84. The molecule has 0 fully saturated rings. The highest BCUT2D eigenvalue weighted by Gasteiger charge is 2.05. The largest absolute Gasteiger partial charge is 0.303 e. The van der Waals surface area contributed by atoms with E-state index in [9.17, 15) is 0 Å². The van der Waals surface area contributed by atoms with Gasteiger partial charge in [0.1, 0.15) is 0 Å². The molecule has 0 aliphatic rings. The molecule has 1 nitrogen and oxygen atoms in total. The van der Waals surface area contributed by atoms with E-state index in [1.165, 1.54) is 187 Å². The van der Waals surface area contributed by atoms with Crippen LogP contribution in [0.25, 0.3) is 0 Å². The number of rotatable bonds is 31. The van der Waals surface area contributed by atoms with Crippen molar-refractivity contribution in [1.29, 1.82) is 0 Å². The Hall–Kier alpha value is -0.0400. The fourth-order valence-corrected chi connectivity index (χ4v) is 5.70. The standard InChI is InChI=1S/C36H75N/c1-6-7-8-9-10-17-22-27-32-37(33-28-23-18-13-11-15-20-25-30-35(2)3)34-29-24-19-14-12-16-21-26-31-36(4)5/h35-36H,6-34H2,1-5H3. The molecule has 0 radical (unpaired) electrons. The lowest BCUT2D eigenvalue weighted by Crippen LogP contribution is -2.27. The molecule has 0 atom stereocenters. The van der Waals surface area contributed by atoms with Gasteiger partial charge in [-0.1, -0.05) is 182 Å². The van der Waals surface area contributed by atoms with Gasteiger partial charge in [0.05, 0.1) is 0 Å². The summed E-state index contributed by atoms with van der Waals surface area (Å²) in [7, 11) is 0. The van der Waals surface area contributed by atoms with Gasteiger partial charge in [-0.05, 0) is 50.7 Å². The van der Waals surface area contributed by atoms with Gasteiger partial charge in [0.15, 0.2) is 0 Å². The molecule has 0 rings (SSSR count). The van der Waals surface area contributed by atoms with Crippen LogP contribution in [0.15, 0.2) is 0 Å². The summed E-state index contributed by atoms with van der Waals surface area (Å²) in [5, 5.41) is 0. The quantitative estimate of drug-likeness (QED) is 0.0820. The highest BCUT2D eigenvalue weighted by Crippen LogP contribution is 2.15. The first-order valence-electron chi connectivity index (χ1n) is 17.8. The molecule has 0 bridgehead atoms. The molecule has 0 aliphatic heterocycles. The van der Waals surface area contributed by atoms with E-state index in [4.69, 9.17) is 0 Å². The predicted molar refractivity (Wildman–Crippen MR) is 172 cm³/mol. The summed E-state index contributed by atoms with van der Waals surface area (Å²) in [6.45, 7) is 15.8. The molecule has 0 heterocycles. The van der Waals surface area contributed by atoms with Crippen molar-refractivity contribution in [3.05, 3.63) is 0 Å². The first kappa shape index (κ1) is 37.0. The monoisotopic (exact) mass is 522 g/mol. The van der Waals surface area contributed by atoms with E-state index in [0.717, 1.165) is 11.8 Å². The van der Waals surface area contributed by atoms with Crippen LogP contribution in [0.4, 0.5) is 0 Å². The van der Waals surface area contributed by atoms with Crippen LogP contribution in [0.3, 0.4) is 0 Å². The highest BCUT2D eigenvalue weighted by atomic mass is 15.1. The Bertz CT molecular complexity index is 373. The Morgan fingerprint density at radius 1 is 0.324 bits per heavy atom. The van der Waals surface area contributed by atoms with Crippen molar-refractivity contribution in [3.63, 3.8) is 0 Å². The lowest BCUT2D eigenvalue weighted by atomic mass is 10.0. The average Bonchev–Trinajstić information content (AvgIpc) is 2.86. The van der Waals surface area contributed by atoms with Gasteiger partial charge in [0.25, 0.3) is 0 Å². The molecule has 0 amide bonds. The lowest BCUT2D eigenvalue weighted by Gasteiger charge is -2.22. The SMILES string of the molecule is CCCCCCCCCCN(CCCCCCCCCCC(C)C)CCCCCCCCCCC(C)C. The Kier molecular flexibility index (Phi) is 30.5. The van der Waals surface area contributed by atoms with Crippen molar-refractivity contribution in [1.82, 2.24) is 4.90 Å². The zero-order chi connectivity index (χ0) is 27.2. The molecule has 0 aromatic carbocycles. The minimum Gasteiger partial charge on any atom is -0.303 e. The molecule has 224 valence electrons. The number of hydrogen-bond donors (Lipinski definition) is 0. The number of unbranched alkanes of at least 4 members (excludes halogenated alkanes) is 21. The summed E-state index contributed by atoms with van der Waals surface area (Å²) in [5.41, 5.74) is 0. The second-order valence-electron chi connectivity index (χ2n) is 13.3. The zero-order valence-corrected chi connectivity index (χ0v) is 27.1. The van der Waals surface area contributed by atoms with E-state index in [1.54, 1.807) is 0 Å². The van der Waals surface area contributed by atoms with Crippen LogP contribution in [-0.4, -0.2) is 24.5 Å². The second-order valence-corrected chi connectivity index (χ2v) is 13.3. The first-order valence-corrected chi connectivity index (χ1v) is 17.8. The molecular weight excluding hydrogens is 446 g/mol. The van der Waals surface area contributed by atoms with Gasteiger partial charge < -0.3 is 4.90 Å². The third kappa shape index (κ3) is 32.1. The van der Waals surface area contributed by atoms with Crippen molar-refractivity contribution >= 4 is 0 Å². The van der Waals surface area contributed by atoms with E-state index in [2.05, 4.69) is 39.5 Å². The van der Waals surface area contributed by atoms with Crippen molar-refractivity contribution in [3.8, 4) is 0 Å². The Morgan fingerprint density at radius 2 is 0.568 bits per heavy atom. The smallest absolute Gasteiger partial charge is 0.00187 e. The van der Waals surface area contributed by atoms with Gasteiger partial charge in [0.2, 0.25) is 0 Å². The molecule has 1 heteroatoms. The second kappa shape index (κ2) is 30.5. The van der Waals surface area contributed by atoms with Gasteiger partial charge in [-0.2, -0.15) is 0 Å². The van der Waals surface area contributed by atoms with Crippen molar-refractivity contribution < 1.29 is 0 Å². The van der Waals surface area contributed by atoms with Crippen LogP contribution < -0.4 is 0 Å². The third-order valence-electron chi connectivity index (χ3n) is 8.34. The van der Waals surface area contributed by atoms with Gasteiger partial charge in [-0.3, -0.25) is 0 Å². The van der Waals surface area contributed by atoms with E-state index in [-0.39, 0.29) is 0 Å². The molecular formula is C36H75N. The normalized spacial score (nSPS) is 12.0. The summed E-state index contributed by atoms with van der Waals surface area (Å²) in [6.07, 6.45) is 37.7. The topological polar surface area (TPSA) is 3.24 Å². The van der Waals surface area contributed by atoms with Crippen molar-refractivity contribution in [2.45, 2.75) is 202 Å². The van der Waals surface area contributed by atoms with Crippen LogP contribution in [0.2, 0.25) is 0 Å². The molecule has 0 saturated heterocycles. The molecule has 0 spiro atoms. The van der Waals surface area contributed by atoms with Crippen molar-refractivity contribution in [2.24, 2.45) is 11.8 Å². The minimum atomic E-state index is 0.887. The summed E-state index contributed by atoms with van der Waals surface area (Å²) in [6, 6.07) is 0. The van der Waals surface area contributed by atoms with Crippen LogP contribution >= 0.6 is 0 Å². The molecule has 0 unspecified atom stereocenters. The fourth-order valence-electron chi connectivity index (χ4n) is 5.70. The van der Waals surface area contributed by atoms with Gasteiger partial charge >= 0.3 is 0 Å². The molecule has 0 saturated carbocycles. The minimum absolute atomic E-state index is 0.887. The average molecular weight is 522 g/mol. The van der Waals surface area contributed by atoms with Gasteiger partial charge in [-0.25, -0.2) is 0 Å². The van der Waals surface area contributed by atoms with E-state index in [0.29, 0.717) is 0 Å². The predicted octanol–water partition coefficient (Wildman–Crippen LogP) is 12.8. The first-order chi connectivity index (χ1) is 18.1. The summed E-state index contributed by atoms with van der Waals surface area (Å²) < 4.78 is 0. The number of nitrogens with zero attached hydrogens (tertiary/aromatic N) is 1. The summed E-state index contributed by atoms with van der Waals surface area (Å²) in [5.74, 6) is 1.77. The maximum Gasteiger partial charge on any atom is -0.00187 e. The Balaban J connectivity index is 3.88. The van der Waals surface area contributed by atoms with Crippen LogP contribution in [0.1, 0.15) is 202 Å².